The second kappa shape index (κ2) is 6.02. The third-order valence-corrected chi connectivity index (χ3v) is 4.57. The lowest BCUT2D eigenvalue weighted by Crippen LogP contribution is -2.30. The molecule has 0 heterocycles. The summed E-state index contributed by atoms with van der Waals surface area (Å²) in [4.78, 5) is 0. The second-order valence-electron chi connectivity index (χ2n) is 6.13. The molecular weight excluding hydrogens is 280 g/mol. The molecule has 0 aliphatic carbocycles. The second-order valence-corrected chi connectivity index (χ2v) is 6.13. The zero-order valence-electron chi connectivity index (χ0n) is 13.8. The highest BCUT2D eigenvalue weighted by Crippen LogP contribution is 2.41. The molecule has 1 radical (unpaired) electrons. The SMILES string of the molecule is Cc1ccccc1C([O])(c1ccccc1C)c1ccccc1C. The number of rotatable bonds is 3. The Morgan fingerprint density at radius 1 is 0.522 bits per heavy atom. The summed E-state index contributed by atoms with van der Waals surface area (Å²) in [6, 6.07) is 23.7. The van der Waals surface area contributed by atoms with E-state index < -0.39 is 5.60 Å². The smallest absolute Gasteiger partial charge is 0.179 e. The van der Waals surface area contributed by atoms with Crippen molar-refractivity contribution >= 4 is 0 Å². The van der Waals surface area contributed by atoms with Gasteiger partial charge in [0.1, 0.15) is 0 Å². The third kappa shape index (κ3) is 2.58. The van der Waals surface area contributed by atoms with Gasteiger partial charge in [-0.3, -0.25) is 0 Å². The van der Waals surface area contributed by atoms with Gasteiger partial charge in [-0.25, -0.2) is 5.11 Å². The molecule has 0 fully saturated rings. The zero-order valence-corrected chi connectivity index (χ0v) is 13.8. The predicted octanol–water partition coefficient (Wildman–Crippen LogP) is 5.33. The van der Waals surface area contributed by atoms with Crippen molar-refractivity contribution in [2.75, 3.05) is 0 Å². The minimum Gasteiger partial charge on any atom is -0.214 e. The first-order valence-corrected chi connectivity index (χ1v) is 7.94. The van der Waals surface area contributed by atoms with Gasteiger partial charge >= 0.3 is 0 Å². The molecule has 0 saturated heterocycles. The highest BCUT2D eigenvalue weighted by molar-refractivity contribution is 5.53. The summed E-state index contributed by atoms with van der Waals surface area (Å²) in [5, 5.41) is 14.4. The van der Waals surface area contributed by atoms with E-state index in [0.29, 0.717) is 0 Å². The molecule has 115 valence electrons. The molecule has 0 saturated carbocycles. The van der Waals surface area contributed by atoms with Crippen molar-refractivity contribution in [2.24, 2.45) is 0 Å². The molecule has 1 heteroatoms. The molecule has 0 aliphatic heterocycles. The molecule has 0 bridgehead atoms. The Labute approximate surface area is 138 Å². The van der Waals surface area contributed by atoms with Crippen molar-refractivity contribution in [1.29, 1.82) is 0 Å². The molecule has 1 nitrogen and oxygen atoms in total. The van der Waals surface area contributed by atoms with Crippen LogP contribution in [0.25, 0.3) is 0 Å². The maximum atomic E-state index is 14.4. The van der Waals surface area contributed by atoms with E-state index >= 15 is 0 Å². The van der Waals surface area contributed by atoms with E-state index in [1.54, 1.807) is 0 Å². The van der Waals surface area contributed by atoms with Gasteiger partial charge in [-0.05, 0) is 54.2 Å². The Hall–Kier alpha value is -2.38. The first-order chi connectivity index (χ1) is 11.0. The summed E-state index contributed by atoms with van der Waals surface area (Å²) in [7, 11) is 0. The van der Waals surface area contributed by atoms with Crippen molar-refractivity contribution < 1.29 is 5.11 Å². The van der Waals surface area contributed by atoms with Crippen LogP contribution in [0.2, 0.25) is 0 Å². The molecule has 0 atom stereocenters. The van der Waals surface area contributed by atoms with Crippen LogP contribution in [-0.2, 0) is 10.7 Å². The first kappa shape index (κ1) is 15.5. The first-order valence-electron chi connectivity index (χ1n) is 7.94. The average Bonchev–Trinajstić information content (AvgIpc) is 2.55. The van der Waals surface area contributed by atoms with Crippen LogP contribution in [0.1, 0.15) is 33.4 Å². The number of hydrogen-bond donors (Lipinski definition) is 0. The van der Waals surface area contributed by atoms with E-state index in [-0.39, 0.29) is 0 Å². The van der Waals surface area contributed by atoms with E-state index in [4.69, 9.17) is 0 Å². The summed E-state index contributed by atoms with van der Waals surface area (Å²) in [6.07, 6.45) is 0. The molecule has 3 aromatic rings. The third-order valence-electron chi connectivity index (χ3n) is 4.57. The Balaban J connectivity index is 2.38. The molecular formula is C22H21O. The van der Waals surface area contributed by atoms with Crippen LogP contribution >= 0.6 is 0 Å². The van der Waals surface area contributed by atoms with Crippen molar-refractivity contribution in [3.05, 3.63) is 106 Å². The largest absolute Gasteiger partial charge is 0.214 e. The number of aryl methyl sites for hydroxylation is 3. The highest BCUT2D eigenvalue weighted by atomic mass is 16.3. The molecule has 3 rings (SSSR count). The van der Waals surface area contributed by atoms with Crippen LogP contribution in [0.4, 0.5) is 0 Å². The molecule has 0 N–H and O–H groups in total. The summed E-state index contributed by atoms with van der Waals surface area (Å²) in [5.41, 5.74) is 4.13. The van der Waals surface area contributed by atoms with Gasteiger partial charge in [-0.1, -0.05) is 72.8 Å². The van der Waals surface area contributed by atoms with Gasteiger partial charge in [0.25, 0.3) is 0 Å². The Kier molecular flexibility index (Phi) is 4.06. The van der Waals surface area contributed by atoms with E-state index in [1.165, 1.54) is 0 Å². The fourth-order valence-electron chi connectivity index (χ4n) is 3.34. The predicted molar refractivity (Wildman–Crippen MR) is 94.1 cm³/mol. The van der Waals surface area contributed by atoms with Crippen LogP contribution in [0, 0.1) is 20.8 Å². The van der Waals surface area contributed by atoms with Gasteiger partial charge in [0.05, 0.1) is 0 Å². The van der Waals surface area contributed by atoms with Gasteiger partial charge in [-0.15, -0.1) is 0 Å². The average molecular weight is 301 g/mol. The quantitative estimate of drug-likeness (QED) is 0.582. The minimum atomic E-state index is -1.40. The van der Waals surface area contributed by atoms with Crippen molar-refractivity contribution in [1.82, 2.24) is 0 Å². The summed E-state index contributed by atoms with van der Waals surface area (Å²) < 4.78 is 0. The van der Waals surface area contributed by atoms with E-state index in [1.807, 2.05) is 93.6 Å². The van der Waals surface area contributed by atoms with E-state index in [0.717, 1.165) is 33.4 Å². The minimum absolute atomic E-state index is 0.823. The molecule has 0 amide bonds. The fraction of sp³-hybridized carbons (Fsp3) is 0.182. The van der Waals surface area contributed by atoms with Crippen molar-refractivity contribution in [3.8, 4) is 0 Å². The molecule has 23 heavy (non-hydrogen) atoms. The Morgan fingerprint density at radius 2 is 0.783 bits per heavy atom. The van der Waals surface area contributed by atoms with Gasteiger partial charge in [0.2, 0.25) is 0 Å². The highest BCUT2D eigenvalue weighted by Gasteiger charge is 2.39. The van der Waals surface area contributed by atoms with Crippen molar-refractivity contribution in [3.63, 3.8) is 0 Å². The molecule has 0 aromatic heterocycles. The summed E-state index contributed by atoms with van der Waals surface area (Å²) in [5.74, 6) is 0. The summed E-state index contributed by atoms with van der Waals surface area (Å²) >= 11 is 0. The maximum Gasteiger partial charge on any atom is 0.179 e. The number of benzene rings is 3. The monoisotopic (exact) mass is 301 g/mol. The fourth-order valence-corrected chi connectivity index (χ4v) is 3.34. The van der Waals surface area contributed by atoms with E-state index in [2.05, 4.69) is 0 Å². The molecule has 0 spiro atoms. The van der Waals surface area contributed by atoms with Gasteiger partial charge < -0.3 is 0 Å². The van der Waals surface area contributed by atoms with Crippen molar-refractivity contribution in [2.45, 2.75) is 26.4 Å². The van der Waals surface area contributed by atoms with Gasteiger partial charge in [0, 0.05) is 0 Å². The summed E-state index contributed by atoms with van der Waals surface area (Å²) in [6.45, 7) is 6.04. The zero-order chi connectivity index (χ0) is 16.4. The molecule has 0 aliphatic rings. The molecule has 0 unspecified atom stereocenters. The standard InChI is InChI=1S/C22H21O/c1-16-10-4-7-13-19(16)22(23,20-14-8-5-11-17(20)2)21-15-9-6-12-18(21)3/h4-15H,1-3H3. The Morgan fingerprint density at radius 3 is 1.04 bits per heavy atom. The number of hydrogen-bond acceptors (Lipinski definition) is 0. The Bertz CT molecular complexity index is 722. The lowest BCUT2D eigenvalue weighted by Gasteiger charge is -2.31. The van der Waals surface area contributed by atoms with Gasteiger partial charge in [-0.2, -0.15) is 0 Å². The lowest BCUT2D eigenvalue weighted by molar-refractivity contribution is 0.0395. The van der Waals surface area contributed by atoms with Crippen LogP contribution < -0.4 is 0 Å². The normalized spacial score (nSPS) is 11.5. The van der Waals surface area contributed by atoms with Gasteiger partial charge in [0.15, 0.2) is 5.60 Å². The molecule has 3 aromatic carbocycles. The van der Waals surface area contributed by atoms with Crippen LogP contribution in [0.5, 0.6) is 0 Å². The maximum absolute atomic E-state index is 14.4. The van der Waals surface area contributed by atoms with Crippen LogP contribution in [0.3, 0.4) is 0 Å². The topological polar surface area (TPSA) is 19.9 Å². The lowest BCUT2D eigenvalue weighted by atomic mass is 9.75. The van der Waals surface area contributed by atoms with Crippen LogP contribution in [-0.4, -0.2) is 0 Å². The van der Waals surface area contributed by atoms with E-state index in [9.17, 15) is 5.11 Å². The van der Waals surface area contributed by atoms with Crippen LogP contribution in [0.15, 0.2) is 72.8 Å².